The summed E-state index contributed by atoms with van der Waals surface area (Å²) in [6.45, 7) is 4.39. The number of nitrogens with one attached hydrogen (secondary N) is 1. The Bertz CT molecular complexity index is 569. The summed E-state index contributed by atoms with van der Waals surface area (Å²) in [5.74, 6) is 1.08. The van der Waals surface area contributed by atoms with Crippen LogP contribution in [0.2, 0.25) is 0 Å². The van der Waals surface area contributed by atoms with Gasteiger partial charge in [0, 0.05) is 4.88 Å². The molecule has 1 aromatic heterocycles. The minimum atomic E-state index is -0.151. The standard InChI is InChI=1S/C16H19NO3S/c1-3-19-13-7-4-5-8-14(13)20-11-16(18)17-12(2)15-9-6-10-21-15/h4-10,12H,3,11H2,1-2H3,(H,17,18)/t12-/m0/s1. The Kier molecular flexibility index (Phi) is 5.63. The molecule has 4 nitrogen and oxygen atoms in total. The Morgan fingerprint density at radius 3 is 2.52 bits per heavy atom. The highest BCUT2D eigenvalue weighted by Crippen LogP contribution is 2.26. The van der Waals surface area contributed by atoms with E-state index in [2.05, 4.69) is 5.32 Å². The van der Waals surface area contributed by atoms with Crippen LogP contribution in [0.1, 0.15) is 24.8 Å². The average Bonchev–Trinajstić information content (AvgIpc) is 3.01. The van der Waals surface area contributed by atoms with E-state index < -0.39 is 0 Å². The molecule has 21 heavy (non-hydrogen) atoms. The van der Waals surface area contributed by atoms with Gasteiger partial charge >= 0.3 is 0 Å². The maximum absolute atomic E-state index is 11.9. The largest absolute Gasteiger partial charge is 0.490 e. The highest BCUT2D eigenvalue weighted by atomic mass is 32.1. The van der Waals surface area contributed by atoms with Gasteiger partial charge in [0.05, 0.1) is 12.6 Å². The lowest BCUT2D eigenvalue weighted by molar-refractivity contribution is -0.123. The number of para-hydroxylation sites is 2. The summed E-state index contributed by atoms with van der Waals surface area (Å²) in [5.41, 5.74) is 0. The second kappa shape index (κ2) is 7.69. The molecule has 2 rings (SSSR count). The Morgan fingerprint density at radius 1 is 1.19 bits per heavy atom. The van der Waals surface area contributed by atoms with E-state index in [9.17, 15) is 4.79 Å². The Hall–Kier alpha value is -2.01. The van der Waals surface area contributed by atoms with Gasteiger partial charge < -0.3 is 14.8 Å². The highest BCUT2D eigenvalue weighted by molar-refractivity contribution is 7.10. The fourth-order valence-electron chi connectivity index (χ4n) is 1.88. The van der Waals surface area contributed by atoms with Crippen molar-refractivity contribution in [3.05, 3.63) is 46.7 Å². The maximum Gasteiger partial charge on any atom is 0.258 e. The third-order valence-corrected chi connectivity index (χ3v) is 3.91. The lowest BCUT2D eigenvalue weighted by Gasteiger charge is -2.14. The van der Waals surface area contributed by atoms with Crippen LogP contribution in [0, 0.1) is 0 Å². The first-order valence-corrected chi connectivity index (χ1v) is 7.76. The number of carbonyl (C=O) groups excluding carboxylic acids is 1. The van der Waals surface area contributed by atoms with E-state index in [0.29, 0.717) is 18.1 Å². The zero-order valence-corrected chi connectivity index (χ0v) is 13.0. The van der Waals surface area contributed by atoms with Crippen molar-refractivity contribution in [3.63, 3.8) is 0 Å². The van der Waals surface area contributed by atoms with Crippen LogP contribution in [0.5, 0.6) is 11.5 Å². The first-order chi connectivity index (χ1) is 10.2. The van der Waals surface area contributed by atoms with Gasteiger partial charge in [0.25, 0.3) is 5.91 Å². The molecular formula is C16H19NO3S. The Balaban J connectivity index is 1.86. The van der Waals surface area contributed by atoms with Gasteiger partial charge in [-0.05, 0) is 37.4 Å². The highest BCUT2D eigenvalue weighted by Gasteiger charge is 2.12. The fraction of sp³-hybridized carbons (Fsp3) is 0.312. The van der Waals surface area contributed by atoms with Gasteiger partial charge in [-0.2, -0.15) is 0 Å². The number of hydrogen-bond acceptors (Lipinski definition) is 4. The molecule has 0 saturated heterocycles. The number of ether oxygens (including phenoxy) is 2. The Morgan fingerprint density at radius 2 is 1.90 bits per heavy atom. The second-order valence-electron chi connectivity index (χ2n) is 4.47. The number of thiophene rings is 1. The molecule has 2 aromatic rings. The summed E-state index contributed by atoms with van der Waals surface area (Å²) in [6, 6.07) is 11.3. The molecule has 0 unspecified atom stereocenters. The Labute approximate surface area is 128 Å². The fourth-order valence-corrected chi connectivity index (χ4v) is 2.61. The van der Waals surface area contributed by atoms with Crippen LogP contribution in [0.4, 0.5) is 0 Å². The van der Waals surface area contributed by atoms with Crippen LogP contribution in [0.3, 0.4) is 0 Å². The molecule has 1 atom stereocenters. The zero-order valence-electron chi connectivity index (χ0n) is 12.2. The number of rotatable bonds is 7. The molecule has 0 aliphatic rings. The first kappa shape index (κ1) is 15.4. The van der Waals surface area contributed by atoms with Crippen molar-refractivity contribution < 1.29 is 14.3 Å². The van der Waals surface area contributed by atoms with E-state index in [0.717, 1.165) is 4.88 Å². The second-order valence-corrected chi connectivity index (χ2v) is 5.45. The lowest BCUT2D eigenvalue weighted by Crippen LogP contribution is -2.30. The summed E-state index contributed by atoms with van der Waals surface area (Å²) in [7, 11) is 0. The molecule has 1 amide bonds. The smallest absolute Gasteiger partial charge is 0.258 e. The van der Waals surface area contributed by atoms with Crippen molar-refractivity contribution in [1.82, 2.24) is 5.32 Å². The van der Waals surface area contributed by atoms with Gasteiger partial charge in [-0.3, -0.25) is 4.79 Å². The lowest BCUT2D eigenvalue weighted by atomic mass is 10.3. The van der Waals surface area contributed by atoms with Gasteiger partial charge in [0.2, 0.25) is 0 Å². The number of amides is 1. The summed E-state index contributed by atoms with van der Waals surface area (Å²) < 4.78 is 11.0. The van der Waals surface area contributed by atoms with Crippen molar-refractivity contribution in [1.29, 1.82) is 0 Å². The quantitative estimate of drug-likeness (QED) is 0.853. The number of carbonyl (C=O) groups is 1. The molecule has 0 radical (unpaired) electrons. The van der Waals surface area contributed by atoms with E-state index in [4.69, 9.17) is 9.47 Å². The molecule has 1 N–H and O–H groups in total. The zero-order chi connectivity index (χ0) is 15.1. The summed E-state index contributed by atoms with van der Waals surface area (Å²) >= 11 is 1.62. The predicted molar refractivity (Wildman–Crippen MR) is 84.0 cm³/mol. The van der Waals surface area contributed by atoms with Crippen molar-refractivity contribution in [3.8, 4) is 11.5 Å². The third-order valence-electron chi connectivity index (χ3n) is 2.86. The van der Waals surface area contributed by atoms with Crippen molar-refractivity contribution in [2.45, 2.75) is 19.9 Å². The van der Waals surface area contributed by atoms with Gasteiger partial charge in [-0.25, -0.2) is 0 Å². The molecule has 0 bridgehead atoms. The average molecular weight is 305 g/mol. The topological polar surface area (TPSA) is 47.6 Å². The summed E-state index contributed by atoms with van der Waals surface area (Å²) in [4.78, 5) is 13.0. The molecule has 1 heterocycles. The maximum atomic E-state index is 11.9. The van der Waals surface area contributed by atoms with E-state index in [1.54, 1.807) is 17.4 Å². The summed E-state index contributed by atoms with van der Waals surface area (Å²) in [6.07, 6.45) is 0. The van der Waals surface area contributed by atoms with Crippen LogP contribution < -0.4 is 14.8 Å². The van der Waals surface area contributed by atoms with Gasteiger partial charge in [0.1, 0.15) is 0 Å². The minimum absolute atomic E-state index is 0.0109. The van der Waals surface area contributed by atoms with Crippen LogP contribution in [-0.4, -0.2) is 19.1 Å². The molecule has 0 saturated carbocycles. The van der Waals surface area contributed by atoms with E-state index in [1.807, 2.05) is 49.6 Å². The first-order valence-electron chi connectivity index (χ1n) is 6.88. The monoisotopic (exact) mass is 305 g/mol. The SMILES string of the molecule is CCOc1ccccc1OCC(=O)N[C@@H](C)c1cccs1. The van der Waals surface area contributed by atoms with Gasteiger partial charge in [-0.1, -0.05) is 18.2 Å². The van der Waals surface area contributed by atoms with Crippen LogP contribution in [0.25, 0.3) is 0 Å². The molecule has 0 aliphatic heterocycles. The van der Waals surface area contributed by atoms with Gasteiger partial charge in [-0.15, -0.1) is 11.3 Å². The molecule has 0 fully saturated rings. The van der Waals surface area contributed by atoms with Crippen LogP contribution in [-0.2, 0) is 4.79 Å². The molecule has 1 aromatic carbocycles. The molecule has 0 spiro atoms. The van der Waals surface area contributed by atoms with Crippen LogP contribution in [0.15, 0.2) is 41.8 Å². The van der Waals surface area contributed by atoms with Crippen molar-refractivity contribution >= 4 is 17.2 Å². The van der Waals surface area contributed by atoms with E-state index in [-0.39, 0.29) is 18.6 Å². The van der Waals surface area contributed by atoms with E-state index in [1.165, 1.54) is 0 Å². The van der Waals surface area contributed by atoms with Crippen molar-refractivity contribution in [2.75, 3.05) is 13.2 Å². The molecule has 0 aliphatic carbocycles. The summed E-state index contributed by atoms with van der Waals surface area (Å²) in [5, 5.41) is 4.90. The van der Waals surface area contributed by atoms with Crippen molar-refractivity contribution in [2.24, 2.45) is 0 Å². The molecule has 5 heteroatoms. The molecule has 112 valence electrons. The van der Waals surface area contributed by atoms with E-state index >= 15 is 0 Å². The normalized spacial score (nSPS) is 11.7. The van der Waals surface area contributed by atoms with Crippen LogP contribution >= 0.6 is 11.3 Å². The number of hydrogen-bond donors (Lipinski definition) is 1. The predicted octanol–water partition coefficient (Wildman–Crippen LogP) is 3.40. The van der Waals surface area contributed by atoms with Gasteiger partial charge in [0.15, 0.2) is 18.1 Å². The minimum Gasteiger partial charge on any atom is -0.490 e. The number of benzene rings is 1. The molecular weight excluding hydrogens is 286 g/mol. The third kappa shape index (κ3) is 4.49.